The second-order valence-corrected chi connectivity index (χ2v) is 3.42. The van der Waals surface area contributed by atoms with Gasteiger partial charge in [0.2, 0.25) is 5.82 Å². The second kappa shape index (κ2) is 4.78. The van der Waals surface area contributed by atoms with Gasteiger partial charge in [-0.3, -0.25) is 0 Å². The molecule has 1 nitrogen and oxygen atoms in total. The molecule has 1 atom stereocenters. The van der Waals surface area contributed by atoms with Crippen LogP contribution in [0.4, 0.5) is 22.0 Å². The molecule has 0 amide bonds. The lowest BCUT2D eigenvalue weighted by molar-refractivity contribution is 0.367. The van der Waals surface area contributed by atoms with Gasteiger partial charge in [-0.05, 0) is 12.8 Å². The zero-order valence-electron chi connectivity index (χ0n) is 8.46. The zero-order chi connectivity index (χ0) is 12.5. The van der Waals surface area contributed by atoms with Gasteiger partial charge in [-0.1, -0.05) is 6.92 Å². The standard InChI is InChI=1S/C10H10F5N/c1-2-4(16)3-5-6(11)8(13)10(15)9(14)7(5)12/h4H,2-3,16H2,1H3. The predicted octanol–water partition coefficient (Wildman–Crippen LogP) is 2.66. The molecule has 1 unspecified atom stereocenters. The monoisotopic (exact) mass is 239 g/mol. The third-order valence-electron chi connectivity index (χ3n) is 2.29. The number of hydrogen-bond acceptors (Lipinski definition) is 1. The molecule has 1 aromatic carbocycles. The summed E-state index contributed by atoms with van der Waals surface area (Å²) in [6, 6.07) is -0.645. The minimum atomic E-state index is -2.15. The van der Waals surface area contributed by atoms with Crippen molar-refractivity contribution < 1.29 is 22.0 Å². The van der Waals surface area contributed by atoms with Crippen LogP contribution in [0.5, 0.6) is 0 Å². The molecule has 0 radical (unpaired) electrons. The maximum Gasteiger partial charge on any atom is 0.200 e. The molecule has 0 aliphatic heterocycles. The highest BCUT2D eigenvalue weighted by molar-refractivity contribution is 5.24. The Hall–Kier alpha value is -1.17. The van der Waals surface area contributed by atoms with Gasteiger partial charge in [0.15, 0.2) is 23.3 Å². The van der Waals surface area contributed by atoms with Gasteiger partial charge in [0.25, 0.3) is 0 Å². The number of benzene rings is 1. The Labute approximate surface area is 89.1 Å². The van der Waals surface area contributed by atoms with Crippen LogP contribution in [0, 0.1) is 29.1 Å². The molecule has 0 spiro atoms. The Morgan fingerprint density at radius 1 is 0.875 bits per heavy atom. The van der Waals surface area contributed by atoms with E-state index in [0.29, 0.717) is 6.42 Å². The third kappa shape index (κ3) is 2.16. The number of hydrogen-bond donors (Lipinski definition) is 1. The van der Waals surface area contributed by atoms with Crippen LogP contribution in [0.1, 0.15) is 18.9 Å². The van der Waals surface area contributed by atoms with Crippen molar-refractivity contribution in [3.63, 3.8) is 0 Å². The van der Waals surface area contributed by atoms with Crippen molar-refractivity contribution in [3.8, 4) is 0 Å². The lowest BCUT2D eigenvalue weighted by Gasteiger charge is -2.11. The lowest BCUT2D eigenvalue weighted by Crippen LogP contribution is -2.23. The topological polar surface area (TPSA) is 26.0 Å². The van der Waals surface area contributed by atoms with Crippen LogP contribution in [0.2, 0.25) is 0 Å². The largest absolute Gasteiger partial charge is 0.327 e. The fourth-order valence-corrected chi connectivity index (χ4v) is 1.24. The smallest absolute Gasteiger partial charge is 0.200 e. The van der Waals surface area contributed by atoms with E-state index in [1.165, 1.54) is 0 Å². The van der Waals surface area contributed by atoms with Crippen LogP contribution in [0.25, 0.3) is 0 Å². The normalized spacial score (nSPS) is 12.9. The molecular weight excluding hydrogens is 229 g/mol. The maximum absolute atomic E-state index is 13.1. The average Bonchev–Trinajstić information content (AvgIpc) is 2.29. The summed E-state index contributed by atoms with van der Waals surface area (Å²) in [6.07, 6.45) is -0.0121. The molecule has 16 heavy (non-hydrogen) atoms. The van der Waals surface area contributed by atoms with Gasteiger partial charge in [-0.15, -0.1) is 0 Å². The van der Waals surface area contributed by atoms with E-state index in [0.717, 1.165) is 0 Å². The molecular formula is C10H10F5N. The number of nitrogens with two attached hydrogens (primary N) is 1. The minimum absolute atomic E-state index is 0.374. The number of rotatable bonds is 3. The summed E-state index contributed by atoms with van der Waals surface area (Å²) in [6.45, 7) is 1.65. The summed E-state index contributed by atoms with van der Waals surface area (Å²) in [5.74, 6) is -9.63. The summed E-state index contributed by atoms with van der Waals surface area (Å²) in [5, 5.41) is 0. The SMILES string of the molecule is CCC(N)Cc1c(F)c(F)c(F)c(F)c1F. The quantitative estimate of drug-likeness (QED) is 0.490. The fourth-order valence-electron chi connectivity index (χ4n) is 1.24. The second-order valence-electron chi connectivity index (χ2n) is 3.42. The molecule has 0 saturated heterocycles. The van der Waals surface area contributed by atoms with E-state index in [9.17, 15) is 22.0 Å². The van der Waals surface area contributed by atoms with Crippen molar-refractivity contribution in [3.05, 3.63) is 34.6 Å². The van der Waals surface area contributed by atoms with Crippen molar-refractivity contribution in [2.24, 2.45) is 5.73 Å². The molecule has 1 aromatic rings. The maximum atomic E-state index is 13.1. The molecule has 1 rings (SSSR count). The molecule has 0 aromatic heterocycles. The minimum Gasteiger partial charge on any atom is -0.327 e. The van der Waals surface area contributed by atoms with E-state index in [1.54, 1.807) is 6.92 Å². The first-order chi connectivity index (χ1) is 7.40. The molecule has 0 aliphatic rings. The Kier molecular flexibility index (Phi) is 3.85. The van der Waals surface area contributed by atoms with Crippen molar-refractivity contribution in [2.75, 3.05) is 0 Å². The van der Waals surface area contributed by atoms with Gasteiger partial charge in [0.1, 0.15) is 0 Å². The van der Waals surface area contributed by atoms with Gasteiger partial charge in [-0.25, -0.2) is 22.0 Å². The van der Waals surface area contributed by atoms with Crippen molar-refractivity contribution in [2.45, 2.75) is 25.8 Å². The zero-order valence-corrected chi connectivity index (χ0v) is 8.46. The van der Waals surface area contributed by atoms with Crippen LogP contribution >= 0.6 is 0 Å². The molecule has 0 heterocycles. The van der Waals surface area contributed by atoms with E-state index in [-0.39, 0.29) is 6.42 Å². The van der Waals surface area contributed by atoms with Gasteiger partial charge in [0, 0.05) is 11.6 Å². The van der Waals surface area contributed by atoms with E-state index in [2.05, 4.69) is 0 Å². The molecule has 0 saturated carbocycles. The lowest BCUT2D eigenvalue weighted by atomic mass is 10.0. The van der Waals surface area contributed by atoms with Crippen LogP contribution in [0.15, 0.2) is 0 Å². The van der Waals surface area contributed by atoms with E-state index in [4.69, 9.17) is 5.73 Å². The van der Waals surface area contributed by atoms with Crippen molar-refractivity contribution in [1.82, 2.24) is 0 Å². The Morgan fingerprint density at radius 3 is 1.62 bits per heavy atom. The van der Waals surface area contributed by atoms with Crippen LogP contribution in [-0.4, -0.2) is 6.04 Å². The highest BCUT2D eigenvalue weighted by atomic mass is 19.2. The first kappa shape index (κ1) is 12.9. The van der Waals surface area contributed by atoms with Gasteiger partial charge >= 0.3 is 0 Å². The molecule has 2 N–H and O–H groups in total. The van der Waals surface area contributed by atoms with Crippen LogP contribution in [0.3, 0.4) is 0 Å². The predicted molar refractivity (Wildman–Crippen MR) is 48.2 cm³/mol. The van der Waals surface area contributed by atoms with E-state index < -0.39 is 40.7 Å². The number of halogens is 5. The molecule has 0 fully saturated rings. The summed E-state index contributed by atoms with van der Waals surface area (Å²) < 4.78 is 64.4. The molecule has 90 valence electrons. The Balaban J connectivity index is 3.28. The van der Waals surface area contributed by atoms with Gasteiger partial charge < -0.3 is 5.73 Å². The first-order valence-electron chi connectivity index (χ1n) is 4.66. The molecule has 0 bridgehead atoms. The van der Waals surface area contributed by atoms with Crippen molar-refractivity contribution >= 4 is 0 Å². The highest BCUT2D eigenvalue weighted by Gasteiger charge is 2.26. The summed E-state index contributed by atoms with van der Waals surface area (Å²) in [7, 11) is 0. The van der Waals surface area contributed by atoms with Gasteiger partial charge in [0.05, 0.1) is 0 Å². The fraction of sp³-hybridized carbons (Fsp3) is 0.400. The van der Waals surface area contributed by atoms with Crippen LogP contribution < -0.4 is 5.73 Å². The highest BCUT2D eigenvalue weighted by Crippen LogP contribution is 2.24. The third-order valence-corrected chi connectivity index (χ3v) is 2.29. The van der Waals surface area contributed by atoms with Crippen LogP contribution in [-0.2, 0) is 6.42 Å². The Morgan fingerprint density at radius 2 is 1.25 bits per heavy atom. The Bertz CT molecular complexity index is 376. The van der Waals surface area contributed by atoms with Crippen molar-refractivity contribution in [1.29, 1.82) is 0 Å². The first-order valence-corrected chi connectivity index (χ1v) is 4.66. The average molecular weight is 239 g/mol. The summed E-state index contributed by atoms with van der Waals surface area (Å²) in [4.78, 5) is 0. The molecule has 6 heteroatoms. The summed E-state index contributed by atoms with van der Waals surface area (Å²) in [5.41, 5.74) is 4.55. The summed E-state index contributed by atoms with van der Waals surface area (Å²) >= 11 is 0. The molecule has 0 aliphatic carbocycles. The van der Waals surface area contributed by atoms with Gasteiger partial charge in [-0.2, -0.15) is 0 Å². The van der Waals surface area contributed by atoms with E-state index in [1.807, 2.05) is 0 Å². The van der Waals surface area contributed by atoms with E-state index >= 15 is 0 Å².